The molecule has 0 aromatic carbocycles. The number of aromatic nitrogens is 2. The molecule has 0 atom stereocenters. The fraction of sp³-hybridized carbons (Fsp3) is 0.500. The van der Waals surface area contributed by atoms with E-state index in [1.165, 1.54) is 4.90 Å². The Morgan fingerprint density at radius 1 is 1.57 bits per heavy atom. The van der Waals surface area contributed by atoms with Crippen molar-refractivity contribution in [1.29, 1.82) is 0 Å². The van der Waals surface area contributed by atoms with Gasteiger partial charge in [-0.05, 0) is 46.8 Å². The van der Waals surface area contributed by atoms with Crippen LogP contribution in [-0.2, 0) is 17.8 Å². The van der Waals surface area contributed by atoms with E-state index >= 15 is 0 Å². The summed E-state index contributed by atoms with van der Waals surface area (Å²) in [5.74, 6) is 0. The lowest BCUT2D eigenvalue weighted by Crippen LogP contribution is -2.30. The fourth-order valence-electron chi connectivity index (χ4n) is 2.85. The zero-order valence-electron chi connectivity index (χ0n) is 13.0. The highest BCUT2D eigenvalue weighted by Gasteiger charge is 2.33. The van der Waals surface area contributed by atoms with Gasteiger partial charge in [0.05, 0.1) is 6.54 Å². The van der Waals surface area contributed by atoms with E-state index in [9.17, 15) is 9.90 Å². The Morgan fingerprint density at radius 3 is 3.00 bits per heavy atom. The first-order chi connectivity index (χ1) is 11.1. The van der Waals surface area contributed by atoms with Crippen LogP contribution in [0.4, 0.5) is 4.79 Å². The predicted molar refractivity (Wildman–Crippen MR) is 90.5 cm³/mol. The van der Waals surface area contributed by atoms with Crippen LogP contribution < -0.4 is 0 Å². The third kappa shape index (κ3) is 3.50. The molecule has 1 N–H and O–H groups in total. The molecule has 1 amide bonds. The van der Waals surface area contributed by atoms with Crippen molar-refractivity contribution in [1.82, 2.24) is 14.5 Å². The zero-order chi connectivity index (χ0) is 16.4. The molecule has 1 fully saturated rings. The van der Waals surface area contributed by atoms with Crippen LogP contribution in [0.5, 0.6) is 0 Å². The number of methoxy groups -OCH3 is 1. The van der Waals surface area contributed by atoms with Crippen molar-refractivity contribution >= 4 is 33.1 Å². The number of hydrogen-bond donors (Lipinski definition) is 1. The Morgan fingerprint density at radius 2 is 2.35 bits per heavy atom. The molecule has 6 nitrogen and oxygen atoms in total. The first-order valence-corrected chi connectivity index (χ1v) is 8.52. The molecule has 0 saturated heterocycles. The van der Waals surface area contributed by atoms with Gasteiger partial charge in [0.2, 0.25) is 0 Å². The summed E-state index contributed by atoms with van der Waals surface area (Å²) >= 11 is 3.58. The number of nitrogens with zero attached hydrogens (tertiary/aromatic N) is 3. The quantitative estimate of drug-likeness (QED) is 0.745. The molecule has 23 heavy (non-hydrogen) atoms. The van der Waals surface area contributed by atoms with Crippen LogP contribution in [0.15, 0.2) is 22.9 Å². The maximum atomic E-state index is 11.5. The van der Waals surface area contributed by atoms with E-state index in [0.717, 1.165) is 46.9 Å². The maximum Gasteiger partial charge on any atom is 0.407 e. The number of carboxylic acid groups (broad SMARTS) is 1. The Hall–Kier alpha value is -1.60. The summed E-state index contributed by atoms with van der Waals surface area (Å²) in [6.45, 7) is 1.88. The highest BCUT2D eigenvalue weighted by atomic mass is 79.9. The molecule has 2 aromatic rings. The van der Waals surface area contributed by atoms with Gasteiger partial charge >= 0.3 is 6.09 Å². The van der Waals surface area contributed by atoms with Crippen molar-refractivity contribution in [2.75, 3.05) is 13.7 Å². The molecule has 0 aliphatic heterocycles. The minimum atomic E-state index is -0.854. The topological polar surface area (TPSA) is 67.6 Å². The molecule has 1 aliphatic rings. The van der Waals surface area contributed by atoms with Gasteiger partial charge < -0.3 is 19.3 Å². The third-order valence-corrected chi connectivity index (χ3v) is 4.77. The monoisotopic (exact) mass is 381 g/mol. The van der Waals surface area contributed by atoms with E-state index in [2.05, 4.69) is 25.5 Å². The van der Waals surface area contributed by atoms with Gasteiger partial charge in [0.1, 0.15) is 5.65 Å². The van der Waals surface area contributed by atoms with Crippen LogP contribution >= 0.6 is 15.9 Å². The molecule has 0 spiro atoms. The lowest BCUT2D eigenvalue weighted by Gasteiger charge is -2.18. The molecular formula is C16H20BrN3O3. The Labute approximate surface area is 143 Å². The number of halogens is 1. The van der Waals surface area contributed by atoms with Crippen LogP contribution in [0.1, 0.15) is 24.8 Å². The van der Waals surface area contributed by atoms with Crippen molar-refractivity contribution in [2.45, 2.75) is 38.4 Å². The van der Waals surface area contributed by atoms with Gasteiger partial charge in [0.15, 0.2) is 0 Å². The summed E-state index contributed by atoms with van der Waals surface area (Å²) in [4.78, 5) is 17.5. The van der Waals surface area contributed by atoms with E-state index in [1.54, 1.807) is 13.3 Å². The maximum absolute atomic E-state index is 11.5. The highest BCUT2D eigenvalue weighted by molar-refractivity contribution is 9.10. The number of ether oxygens (including phenoxy) is 1. The first-order valence-electron chi connectivity index (χ1n) is 7.72. The summed E-state index contributed by atoms with van der Waals surface area (Å²) in [5, 5.41) is 10.4. The second kappa shape index (κ2) is 6.88. The van der Waals surface area contributed by atoms with Gasteiger partial charge in [0.25, 0.3) is 0 Å². The Balaban J connectivity index is 1.93. The number of pyridine rings is 1. The van der Waals surface area contributed by atoms with Crippen molar-refractivity contribution < 1.29 is 14.6 Å². The largest absolute Gasteiger partial charge is 0.465 e. The van der Waals surface area contributed by atoms with E-state index in [1.807, 2.05) is 12.3 Å². The number of carbonyl (C=O) groups is 1. The molecule has 0 unspecified atom stereocenters. The van der Waals surface area contributed by atoms with Crippen molar-refractivity contribution in [2.24, 2.45) is 0 Å². The molecule has 2 heterocycles. The number of fused-ring (bicyclic) bond motifs is 1. The SMILES string of the molecule is COCCCn1cc(CN(C(=O)O)C2CC2)c2c(Br)ccnc21. The predicted octanol–water partition coefficient (Wildman–Crippen LogP) is 3.48. The summed E-state index contributed by atoms with van der Waals surface area (Å²) < 4.78 is 8.15. The standard InChI is InChI=1S/C16H20BrN3O3/c1-23-8-2-7-19-9-11(10-20(16(21)22)12-3-4-12)14-13(17)5-6-18-15(14)19/h5-6,9,12H,2-4,7-8,10H2,1H3,(H,21,22). The van der Waals surface area contributed by atoms with E-state index in [-0.39, 0.29) is 6.04 Å². The molecule has 1 saturated carbocycles. The van der Waals surface area contributed by atoms with Crippen molar-refractivity contribution in [3.8, 4) is 0 Å². The normalized spacial score (nSPS) is 14.3. The van der Waals surface area contributed by atoms with E-state index in [0.29, 0.717) is 13.2 Å². The van der Waals surface area contributed by atoms with Gasteiger partial charge in [-0.25, -0.2) is 9.78 Å². The van der Waals surface area contributed by atoms with E-state index < -0.39 is 6.09 Å². The van der Waals surface area contributed by atoms with Gasteiger partial charge in [-0.2, -0.15) is 0 Å². The Kier molecular flexibility index (Phi) is 4.87. The van der Waals surface area contributed by atoms with Crippen molar-refractivity contribution in [3.05, 3.63) is 28.5 Å². The van der Waals surface area contributed by atoms with Crippen molar-refractivity contribution in [3.63, 3.8) is 0 Å². The molecule has 3 rings (SSSR count). The molecule has 1 aliphatic carbocycles. The summed E-state index contributed by atoms with van der Waals surface area (Å²) in [5.41, 5.74) is 1.87. The smallest absolute Gasteiger partial charge is 0.407 e. The fourth-order valence-corrected chi connectivity index (χ4v) is 3.40. The highest BCUT2D eigenvalue weighted by Crippen LogP contribution is 2.33. The zero-order valence-corrected chi connectivity index (χ0v) is 14.6. The van der Waals surface area contributed by atoms with Gasteiger partial charge in [-0.3, -0.25) is 0 Å². The lowest BCUT2D eigenvalue weighted by atomic mass is 10.2. The molecule has 7 heteroatoms. The minimum Gasteiger partial charge on any atom is -0.465 e. The minimum absolute atomic E-state index is 0.162. The Bertz CT molecular complexity index is 712. The number of hydrogen-bond acceptors (Lipinski definition) is 3. The van der Waals surface area contributed by atoms with Crippen LogP contribution in [0.3, 0.4) is 0 Å². The number of amides is 1. The van der Waals surface area contributed by atoms with Crippen LogP contribution in [0, 0.1) is 0 Å². The molecular weight excluding hydrogens is 362 g/mol. The first kappa shape index (κ1) is 16.3. The molecule has 2 aromatic heterocycles. The number of rotatable bonds is 7. The summed E-state index contributed by atoms with van der Waals surface area (Å²) in [7, 11) is 1.69. The number of aryl methyl sites for hydroxylation is 1. The van der Waals surface area contributed by atoms with E-state index in [4.69, 9.17) is 4.74 Å². The third-order valence-electron chi connectivity index (χ3n) is 4.11. The summed E-state index contributed by atoms with van der Waals surface area (Å²) in [6.07, 6.45) is 5.73. The molecule has 124 valence electrons. The average molecular weight is 382 g/mol. The second-order valence-electron chi connectivity index (χ2n) is 5.83. The molecule has 0 radical (unpaired) electrons. The average Bonchev–Trinajstić information content (AvgIpc) is 3.29. The van der Waals surface area contributed by atoms with Crippen LogP contribution in [0.25, 0.3) is 11.0 Å². The van der Waals surface area contributed by atoms with Gasteiger partial charge in [-0.15, -0.1) is 0 Å². The lowest BCUT2D eigenvalue weighted by molar-refractivity contribution is 0.139. The van der Waals surface area contributed by atoms with Gasteiger partial charge in [-0.1, -0.05) is 0 Å². The van der Waals surface area contributed by atoms with Gasteiger partial charge in [0, 0.05) is 48.6 Å². The molecule has 0 bridgehead atoms. The summed E-state index contributed by atoms with van der Waals surface area (Å²) in [6, 6.07) is 2.06. The second-order valence-corrected chi connectivity index (χ2v) is 6.68. The van der Waals surface area contributed by atoms with Crippen LogP contribution in [0.2, 0.25) is 0 Å². The van der Waals surface area contributed by atoms with Crippen LogP contribution in [-0.4, -0.2) is 45.4 Å².